The molecule has 9 nitrogen and oxygen atoms in total. The Hall–Kier alpha value is -2.72. The first-order valence-electron chi connectivity index (χ1n) is 8.11. The number of aromatic nitrogens is 4. The van der Waals surface area contributed by atoms with Gasteiger partial charge in [-0.3, -0.25) is 9.36 Å². The van der Waals surface area contributed by atoms with E-state index in [-0.39, 0.29) is 12.1 Å². The Morgan fingerprint density at radius 2 is 2.19 bits per heavy atom. The highest BCUT2D eigenvalue weighted by Crippen LogP contribution is 2.22. The van der Waals surface area contributed by atoms with Gasteiger partial charge in [0.15, 0.2) is 5.16 Å². The van der Waals surface area contributed by atoms with Gasteiger partial charge in [-0.05, 0) is 25.1 Å². The molecule has 0 saturated heterocycles. The van der Waals surface area contributed by atoms with Gasteiger partial charge >= 0.3 is 5.97 Å². The minimum atomic E-state index is -0.735. The molecule has 0 radical (unpaired) electrons. The summed E-state index contributed by atoms with van der Waals surface area (Å²) in [6, 6.07) is 4.56. The third kappa shape index (κ3) is 4.17. The number of aliphatic hydroxyl groups is 1. The SMILES string of the molecule is COC(=O)c1ccc2c(=O)n(C[C@H](C)O)c(SCc3nnc(C)o3)nc2c1. The molecule has 1 atom stereocenters. The molecule has 0 bridgehead atoms. The van der Waals surface area contributed by atoms with Crippen molar-refractivity contribution in [1.82, 2.24) is 19.7 Å². The summed E-state index contributed by atoms with van der Waals surface area (Å²) in [4.78, 5) is 29.1. The van der Waals surface area contributed by atoms with Gasteiger partial charge in [0.25, 0.3) is 5.56 Å². The number of nitrogens with zero attached hydrogens (tertiary/aromatic N) is 4. The highest BCUT2D eigenvalue weighted by Gasteiger charge is 2.16. The van der Waals surface area contributed by atoms with E-state index in [9.17, 15) is 14.7 Å². The van der Waals surface area contributed by atoms with E-state index in [1.54, 1.807) is 13.8 Å². The van der Waals surface area contributed by atoms with Gasteiger partial charge in [-0.1, -0.05) is 11.8 Å². The first kappa shape index (κ1) is 19.1. The van der Waals surface area contributed by atoms with Crippen LogP contribution in [0.3, 0.4) is 0 Å². The Bertz CT molecular complexity index is 1040. The van der Waals surface area contributed by atoms with E-state index >= 15 is 0 Å². The fourth-order valence-electron chi connectivity index (χ4n) is 2.50. The zero-order chi connectivity index (χ0) is 19.6. The van der Waals surface area contributed by atoms with Crippen LogP contribution >= 0.6 is 11.8 Å². The van der Waals surface area contributed by atoms with Crippen LogP contribution in [0.15, 0.2) is 32.6 Å². The minimum Gasteiger partial charge on any atom is -0.465 e. The van der Waals surface area contributed by atoms with Gasteiger partial charge in [0.2, 0.25) is 11.8 Å². The van der Waals surface area contributed by atoms with Crippen molar-refractivity contribution in [3.05, 3.63) is 45.9 Å². The van der Waals surface area contributed by atoms with Crippen LogP contribution in [-0.4, -0.2) is 44.0 Å². The van der Waals surface area contributed by atoms with Gasteiger partial charge in [-0.15, -0.1) is 10.2 Å². The maximum absolute atomic E-state index is 12.9. The Morgan fingerprint density at radius 1 is 1.41 bits per heavy atom. The Balaban J connectivity index is 2.06. The maximum Gasteiger partial charge on any atom is 0.337 e. The quantitative estimate of drug-likeness (QED) is 0.379. The van der Waals surface area contributed by atoms with Gasteiger partial charge in [0.05, 0.1) is 42.0 Å². The molecular formula is C17H18N4O5S. The molecule has 0 saturated carbocycles. The Morgan fingerprint density at radius 3 is 2.81 bits per heavy atom. The highest BCUT2D eigenvalue weighted by molar-refractivity contribution is 7.98. The monoisotopic (exact) mass is 390 g/mol. The fourth-order valence-corrected chi connectivity index (χ4v) is 3.35. The molecule has 0 unspecified atom stereocenters. The first-order valence-corrected chi connectivity index (χ1v) is 9.10. The van der Waals surface area contributed by atoms with Gasteiger partial charge in [0.1, 0.15) is 0 Å². The van der Waals surface area contributed by atoms with Crippen LogP contribution in [0.4, 0.5) is 0 Å². The molecule has 0 amide bonds. The zero-order valence-corrected chi connectivity index (χ0v) is 15.8. The molecule has 3 rings (SSSR count). The number of aryl methyl sites for hydroxylation is 1. The number of esters is 1. The van der Waals surface area contributed by atoms with Gasteiger partial charge in [0, 0.05) is 6.92 Å². The number of fused-ring (bicyclic) bond motifs is 1. The van der Waals surface area contributed by atoms with Gasteiger partial charge in [-0.25, -0.2) is 9.78 Å². The number of rotatable bonds is 6. The van der Waals surface area contributed by atoms with Gasteiger partial charge in [-0.2, -0.15) is 0 Å². The summed E-state index contributed by atoms with van der Waals surface area (Å²) in [6.45, 7) is 3.37. The second-order valence-electron chi connectivity index (χ2n) is 5.89. The summed E-state index contributed by atoms with van der Waals surface area (Å²) in [5.41, 5.74) is 0.365. The Labute approximate surface area is 158 Å². The highest BCUT2D eigenvalue weighted by atomic mass is 32.2. The number of ether oxygens (including phenoxy) is 1. The molecule has 1 N–H and O–H groups in total. The molecule has 0 aliphatic rings. The molecule has 3 aromatic rings. The van der Waals surface area contributed by atoms with E-state index in [2.05, 4.69) is 15.2 Å². The largest absolute Gasteiger partial charge is 0.465 e. The number of carbonyl (C=O) groups is 1. The molecule has 1 aromatic carbocycles. The third-order valence-electron chi connectivity index (χ3n) is 3.68. The molecule has 0 aliphatic heterocycles. The smallest absolute Gasteiger partial charge is 0.337 e. The lowest BCUT2D eigenvalue weighted by atomic mass is 10.1. The van der Waals surface area contributed by atoms with Gasteiger partial charge < -0.3 is 14.3 Å². The lowest BCUT2D eigenvalue weighted by molar-refractivity contribution is 0.0601. The van der Waals surface area contributed by atoms with E-state index in [1.165, 1.54) is 41.6 Å². The van der Waals surface area contributed by atoms with Crippen LogP contribution in [0.2, 0.25) is 0 Å². The molecule has 0 fully saturated rings. The second kappa shape index (κ2) is 7.89. The number of thioether (sulfide) groups is 1. The number of methoxy groups -OCH3 is 1. The van der Waals surface area contributed by atoms with Crippen LogP contribution in [0.5, 0.6) is 0 Å². The van der Waals surface area contributed by atoms with Crippen LogP contribution in [-0.2, 0) is 17.0 Å². The average Bonchev–Trinajstić information content (AvgIpc) is 3.06. The maximum atomic E-state index is 12.9. The topological polar surface area (TPSA) is 120 Å². The molecule has 27 heavy (non-hydrogen) atoms. The predicted molar refractivity (Wildman–Crippen MR) is 97.6 cm³/mol. The van der Waals surface area contributed by atoms with Crippen LogP contribution in [0.25, 0.3) is 10.9 Å². The van der Waals surface area contributed by atoms with Crippen molar-refractivity contribution < 1.29 is 19.1 Å². The molecule has 10 heteroatoms. The van der Waals surface area contributed by atoms with E-state index < -0.39 is 12.1 Å². The Kier molecular flexibility index (Phi) is 5.57. The van der Waals surface area contributed by atoms with E-state index in [1.807, 2.05) is 0 Å². The van der Waals surface area contributed by atoms with Crippen molar-refractivity contribution in [3.63, 3.8) is 0 Å². The van der Waals surface area contributed by atoms with E-state index in [4.69, 9.17) is 9.15 Å². The van der Waals surface area contributed by atoms with E-state index in [0.29, 0.717) is 39.2 Å². The molecule has 0 spiro atoms. The number of carbonyl (C=O) groups excluding carboxylic acids is 1. The van der Waals surface area contributed by atoms with Crippen molar-refractivity contribution in [3.8, 4) is 0 Å². The average molecular weight is 390 g/mol. The molecule has 0 aliphatic carbocycles. The molecule has 142 valence electrons. The normalized spacial score (nSPS) is 12.3. The lowest BCUT2D eigenvalue weighted by Crippen LogP contribution is -2.28. The molecule has 2 aromatic heterocycles. The van der Waals surface area contributed by atoms with Crippen molar-refractivity contribution in [2.24, 2.45) is 0 Å². The standard InChI is InChI=1S/C17H18N4O5S/c1-9(22)7-21-15(23)12-5-4-11(16(24)25-3)6-13(12)18-17(21)27-8-14-20-19-10(2)26-14/h4-6,9,22H,7-8H2,1-3H3/t9-/m0/s1. The summed E-state index contributed by atoms with van der Waals surface area (Å²) in [5.74, 6) is 0.650. The van der Waals surface area contributed by atoms with Crippen LogP contribution in [0, 0.1) is 6.92 Å². The lowest BCUT2D eigenvalue weighted by Gasteiger charge is -2.14. The van der Waals surface area contributed by atoms with Crippen LogP contribution in [0.1, 0.15) is 29.1 Å². The fraction of sp³-hybridized carbons (Fsp3) is 0.353. The van der Waals surface area contributed by atoms with Crippen LogP contribution < -0.4 is 5.56 Å². The summed E-state index contributed by atoms with van der Waals surface area (Å²) in [7, 11) is 1.29. The minimum absolute atomic E-state index is 0.0890. The number of hydrogen-bond donors (Lipinski definition) is 1. The third-order valence-corrected chi connectivity index (χ3v) is 4.64. The first-order chi connectivity index (χ1) is 12.9. The summed E-state index contributed by atoms with van der Waals surface area (Å²) in [6.07, 6.45) is -0.735. The van der Waals surface area contributed by atoms with E-state index in [0.717, 1.165) is 0 Å². The summed E-state index contributed by atoms with van der Waals surface area (Å²) >= 11 is 1.23. The summed E-state index contributed by atoms with van der Waals surface area (Å²) < 4.78 is 11.5. The zero-order valence-electron chi connectivity index (χ0n) is 15.0. The number of benzene rings is 1. The number of aliphatic hydroxyl groups excluding tert-OH is 1. The second-order valence-corrected chi connectivity index (χ2v) is 6.83. The molecular weight excluding hydrogens is 372 g/mol. The summed E-state index contributed by atoms with van der Waals surface area (Å²) in [5, 5.41) is 18.2. The van der Waals surface area contributed by atoms with Crippen molar-refractivity contribution in [1.29, 1.82) is 0 Å². The van der Waals surface area contributed by atoms with Crippen molar-refractivity contribution in [2.45, 2.75) is 37.4 Å². The number of hydrogen-bond acceptors (Lipinski definition) is 9. The van der Waals surface area contributed by atoms with Crippen molar-refractivity contribution in [2.75, 3.05) is 7.11 Å². The van der Waals surface area contributed by atoms with Crippen molar-refractivity contribution >= 4 is 28.6 Å². The predicted octanol–water partition coefficient (Wildman–Crippen LogP) is 1.55. The molecule has 2 heterocycles.